The van der Waals surface area contributed by atoms with E-state index in [0.717, 1.165) is 36.6 Å². The van der Waals surface area contributed by atoms with E-state index in [4.69, 9.17) is 0 Å². The second kappa shape index (κ2) is 4.43. The summed E-state index contributed by atoms with van der Waals surface area (Å²) >= 11 is 5.27. The number of aliphatic hydroxyl groups is 1. The maximum absolute atomic E-state index is 10.6. The molecule has 0 aromatic carbocycles. The third kappa shape index (κ3) is 2.88. The summed E-state index contributed by atoms with van der Waals surface area (Å²) in [5, 5.41) is 12.7. The van der Waals surface area contributed by atoms with E-state index in [2.05, 4.69) is 41.2 Å². The van der Waals surface area contributed by atoms with Crippen molar-refractivity contribution in [3.05, 3.63) is 20.8 Å². The first-order chi connectivity index (χ1) is 7.40. The van der Waals surface area contributed by atoms with E-state index in [0.29, 0.717) is 5.41 Å². The summed E-state index contributed by atoms with van der Waals surface area (Å²) < 4.78 is 1.15. The molecule has 3 heteroatoms. The molecule has 0 bridgehead atoms. The number of rotatable bonds is 2. The summed E-state index contributed by atoms with van der Waals surface area (Å²) in [4.78, 5) is 1.28. The van der Waals surface area contributed by atoms with Gasteiger partial charge >= 0.3 is 0 Å². The molecule has 1 aromatic heterocycles. The van der Waals surface area contributed by atoms with Gasteiger partial charge in [-0.25, -0.2) is 0 Å². The van der Waals surface area contributed by atoms with Crippen molar-refractivity contribution in [3.8, 4) is 0 Å². The van der Waals surface area contributed by atoms with Crippen LogP contribution in [0, 0.1) is 5.41 Å². The van der Waals surface area contributed by atoms with Crippen LogP contribution in [0.4, 0.5) is 0 Å². The fourth-order valence-electron chi connectivity index (χ4n) is 2.32. The predicted molar refractivity (Wildman–Crippen MR) is 72.9 cm³/mol. The van der Waals surface area contributed by atoms with Crippen molar-refractivity contribution in [1.29, 1.82) is 0 Å². The fraction of sp³-hybridized carbons (Fsp3) is 0.692. The van der Waals surface area contributed by atoms with Crippen LogP contribution < -0.4 is 0 Å². The Morgan fingerprint density at radius 3 is 2.44 bits per heavy atom. The van der Waals surface area contributed by atoms with Crippen LogP contribution >= 0.6 is 27.3 Å². The molecule has 0 amide bonds. The van der Waals surface area contributed by atoms with Gasteiger partial charge in [-0.05, 0) is 58.5 Å². The van der Waals surface area contributed by atoms with Crippen LogP contribution in [0.5, 0.6) is 0 Å². The Morgan fingerprint density at radius 2 is 1.94 bits per heavy atom. The second-order valence-corrected chi connectivity index (χ2v) is 7.61. The lowest BCUT2D eigenvalue weighted by Gasteiger charge is -2.40. The van der Waals surface area contributed by atoms with Crippen molar-refractivity contribution in [3.63, 3.8) is 0 Å². The standard InChI is InChI=1S/C13H19BrOS/c1-12(2)4-6-13(15,7-5-12)9-11-10(14)3-8-16-11/h3,8,15H,4-7,9H2,1-2H3. The van der Waals surface area contributed by atoms with Crippen molar-refractivity contribution in [1.82, 2.24) is 0 Å². The van der Waals surface area contributed by atoms with Crippen LogP contribution in [-0.4, -0.2) is 10.7 Å². The van der Waals surface area contributed by atoms with Gasteiger partial charge in [-0.2, -0.15) is 0 Å². The highest BCUT2D eigenvalue weighted by Gasteiger charge is 2.37. The monoisotopic (exact) mass is 302 g/mol. The van der Waals surface area contributed by atoms with E-state index >= 15 is 0 Å². The maximum atomic E-state index is 10.6. The summed E-state index contributed by atoms with van der Waals surface area (Å²) in [6.45, 7) is 4.60. The van der Waals surface area contributed by atoms with Gasteiger partial charge in [0.05, 0.1) is 5.60 Å². The average Bonchev–Trinajstić information content (AvgIpc) is 2.58. The van der Waals surface area contributed by atoms with Gasteiger partial charge in [0.15, 0.2) is 0 Å². The van der Waals surface area contributed by atoms with Gasteiger partial charge in [-0.3, -0.25) is 0 Å². The molecule has 1 saturated carbocycles. The molecule has 1 nitrogen and oxygen atoms in total. The lowest BCUT2D eigenvalue weighted by atomic mass is 9.70. The highest BCUT2D eigenvalue weighted by atomic mass is 79.9. The lowest BCUT2D eigenvalue weighted by molar-refractivity contribution is -0.0246. The van der Waals surface area contributed by atoms with Crippen LogP contribution in [-0.2, 0) is 6.42 Å². The second-order valence-electron chi connectivity index (χ2n) is 5.76. The molecule has 1 aliphatic rings. The minimum absolute atomic E-state index is 0.416. The van der Waals surface area contributed by atoms with Crippen LogP contribution in [0.25, 0.3) is 0 Å². The maximum Gasteiger partial charge on any atom is 0.0696 e. The van der Waals surface area contributed by atoms with Gasteiger partial charge in [0.1, 0.15) is 0 Å². The Morgan fingerprint density at radius 1 is 1.31 bits per heavy atom. The Hall–Kier alpha value is 0.140. The Bertz CT molecular complexity index is 360. The average molecular weight is 303 g/mol. The topological polar surface area (TPSA) is 20.2 Å². The molecule has 1 aromatic rings. The molecular formula is C13H19BrOS. The molecule has 1 fully saturated rings. The van der Waals surface area contributed by atoms with Gasteiger partial charge in [-0.15, -0.1) is 11.3 Å². The van der Waals surface area contributed by atoms with E-state index in [1.165, 1.54) is 4.88 Å². The molecular weight excluding hydrogens is 284 g/mol. The highest BCUT2D eigenvalue weighted by molar-refractivity contribution is 9.10. The molecule has 1 N–H and O–H groups in total. The third-order valence-corrected chi connectivity index (χ3v) is 5.64. The molecule has 0 aliphatic heterocycles. The first-order valence-corrected chi connectivity index (χ1v) is 7.52. The van der Waals surface area contributed by atoms with Gasteiger partial charge < -0.3 is 5.11 Å². The zero-order valence-electron chi connectivity index (χ0n) is 9.92. The summed E-state index contributed by atoms with van der Waals surface area (Å²) in [6, 6.07) is 2.07. The molecule has 0 radical (unpaired) electrons. The Balaban J connectivity index is 2.03. The fourth-order valence-corrected chi connectivity index (χ4v) is 3.95. The van der Waals surface area contributed by atoms with Crippen molar-refractivity contribution >= 4 is 27.3 Å². The van der Waals surface area contributed by atoms with E-state index in [9.17, 15) is 5.11 Å². The van der Waals surface area contributed by atoms with Crippen LogP contribution in [0.3, 0.4) is 0 Å². The molecule has 0 saturated heterocycles. The van der Waals surface area contributed by atoms with Crippen LogP contribution in [0.15, 0.2) is 15.9 Å². The minimum Gasteiger partial charge on any atom is -0.390 e. The van der Waals surface area contributed by atoms with E-state index in [1.807, 2.05) is 0 Å². The van der Waals surface area contributed by atoms with E-state index < -0.39 is 5.60 Å². The Labute approximate surface area is 110 Å². The first-order valence-electron chi connectivity index (χ1n) is 5.85. The third-order valence-electron chi connectivity index (χ3n) is 3.71. The SMILES string of the molecule is CC1(C)CCC(O)(Cc2sccc2Br)CC1. The number of hydrogen-bond donors (Lipinski definition) is 1. The van der Waals surface area contributed by atoms with Gasteiger partial charge in [0.2, 0.25) is 0 Å². The van der Waals surface area contributed by atoms with Gasteiger partial charge in [0.25, 0.3) is 0 Å². The lowest BCUT2D eigenvalue weighted by Crippen LogP contribution is -2.38. The first kappa shape index (κ1) is 12.6. The van der Waals surface area contributed by atoms with Crippen molar-refractivity contribution < 1.29 is 5.11 Å². The molecule has 16 heavy (non-hydrogen) atoms. The Kier molecular flexibility index (Phi) is 3.49. The summed E-state index contributed by atoms with van der Waals surface area (Å²) in [6.07, 6.45) is 4.94. The smallest absolute Gasteiger partial charge is 0.0696 e. The van der Waals surface area contributed by atoms with Crippen molar-refractivity contribution in [2.75, 3.05) is 0 Å². The summed E-state index contributed by atoms with van der Waals surface area (Å²) in [5.74, 6) is 0. The molecule has 0 spiro atoms. The van der Waals surface area contributed by atoms with Crippen LogP contribution in [0.1, 0.15) is 44.4 Å². The van der Waals surface area contributed by atoms with Gasteiger partial charge in [0, 0.05) is 15.8 Å². The van der Waals surface area contributed by atoms with Crippen LogP contribution in [0.2, 0.25) is 0 Å². The molecule has 1 heterocycles. The molecule has 90 valence electrons. The van der Waals surface area contributed by atoms with Crippen molar-refractivity contribution in [2.24, 2.45) is 5.41 Å². The van der Waals surface area contributed by atoms with Gasteiger partial charge in [-0.1, -0.05) is 13.8 Å². The van der Waals surface area contributed by atoms with Crippen molar-refractivity contribution in [2.45, 2.75) is 51.6 Å². The number of thiophene rings is 1. The molecule has 0 unspecified atom stereocenters. The summed E-state index contributed by atoms with van der Waals surface area (Å²) in [5.41, 5.74) is -0.0538. The highest BCUT2D eigenvalue weighted by Crippen LogP contribution is 2.42. The van der Waals surface area contributed by atoms with E-state index in [-0.39, 0.29) is 0 Å². The zero-order valence-corrected chi connectivity index (χ0v) is 12.3. The summed E-state index contributed by atoms with van der Waals surface area (Å²) in [7, 11) is 0. The largest absolute Gasteiger partial charge is 0.390 e. The quantitative estimate of drug-likeness (QED) is 0.859. The normalized spacial score (nSPS) is 23.2. The molecule has 2 rings (SSSR count). The number of hydrogen-bond acceptors (Lipinski definition) is 2. The predicted octanol–water partition coefficient (Wildman–Crippen LogP) is 4.38. The zero-order chi connectivity index (χ0) is 11.8. The molecule has 1 aliphatic carbocycles. The molecule has 0 atom stereocenters. The minimum atomic E-state index is -0.469. The number of halogens is 1. The van der Waals surface area contributed by atoms with E-state index in [1.54, 1.807) is 11.3 Å².